The summed E-state index contributed by atoms with van der Waals surface area (Å²) >= 11 is 0. The van der Waals surface area contributed by atoms with E-state index in [4.69, 9.17) is 5.26 Å². The predicted molar refractivity (Wildman–Crippen MR) is 84.5 cm³/mol. The van der Waals surface area contributed by atoms with Crippen LogP contribution in [0.2, 0.25) is 0 Å². The van der Waals surface area contributed by atoms with E-state index in [0.717, 1.165) is 29.8 Å². The van der Waals surface area contributed by atoms with Crippen molar-refractivity contribution in [3.8, 4) is 17.2 Å². The summed E-state index contributed by atoms with van der Waals surface area (Å²) in [5.41, 5.74) is 3.92. The van der Waals surface area contributed by atoms with Crippen LogP contribution in [0, 0.1) is 11.3 Å². The molecule has 3 heteroatoms. The summed E-state index contributed by atoms with van der Waals surface area (Å²) < 4.78 is 0. The summed E-state index contributed by atoms with van der Waals surface area (Å²) in [4.78, 5) is 4.36. The first-order valence-electron chi connectivity index (χ1n) is 6.94. The molecule has 1 aliphatic carbocycles. The fourth-order valence-electron chi connectivity index (χ4n) is 2.32. The van der Waals surface area contributed by atoms with Crippen molar-refractivity contribution in [2.24, 2.45) is 0 Å². The molecule has 0 fully saturated rings. The molecule has 0 saturated heterocycles. The maximum atomic E-state index is 8.99. The van der Waals surface area contributed by atoms with Gasteiger partial charge in [0.05, 0.1) is 11.6 Å². The number of benzene rings is 1. The van der Waals surface area contributed by atoms with Gasteiger partial charge < -0.3 is 5.32 Å². The third-order valence-corrected chi connectivity index (χ3v) is 3.39. The van der Waals surface area contributed by atoms with E-state index in [9.17, 15) is 0 Å². The van der Waals surface area contributed by atoms with E-state index in [1.54, 1.807) is 6.20 Å². The number of anilines is 1. The molecule has 1 N–H and O–H groups in total. The molecule has 0 atom stereocenters. The third kappa shape index (κ3) is 3.18. The molecular weight excluding hydrogens is 258 g/mol. The zero-order valence-electron chi connectivity index (χ0n) is 11.6. The van der Waals surface area contributed by atoms with Gasteiger partial charge in [0, 0.05) is 11.9 Å². The molecule has 1 aliphatic rings. The first-order chi connectivity index (χ1) is 10.3. The van der Waals surface area contributed by atoms with Gasteiger partial charge in [-0.2, -0.15) is 5.26 Å². The number of pyridine rings is 1. The maximum absolute atomic E-state index is 8.99. The molecule has 0 unspecified atom stereocenters. The molecule has 2 aromatic rings. The Labute approximate surface area is 124 Å². The molecule has 1 aromatic carbocycles. The molecular formula is C18H15N3. The summed E-state index contributed by atoms with van der Waals surface area (Å²) in [6, 6.07) is 13.7. The van der Waals surface area contributed by atoms with Crippen molar-refractivity contribution in [3.05, 3.63) is 72.1 Å². The smallest absolute Gasteiger partial charge is 0.130 e. The van der Waals surface area contributed by atoms with Gasteiger partial charge in [-0.15, -0.1) is 0 Å². The van der Waals surface area contributed by atoms with Crippen LogP contribution in [0.1, 0.15) is 18.4 Å². The van der Waals surface area contributed by atoms with E-state index in [2.05, 4.69) is 34.6 Å². The van der Waals surface area contributed by atoms with E-state index in [0.29, 0.717) is 5.56 Å². The molecule has 1 aromatic heterocycles. The summed E-state index contributed by atoms with van der Waals surface area (Å²) in [6.45, 7) is 0. The van der Waals surface area contributed by atoms with Crippen molar-refractivity contribution in [2.45, 2.75) is 12.8 Å². The van der Waals surface area contributed by atoms with Crippen LogP contribution in [0.3, 0.4) is 0 Å². The van der Waals surface area contributed by atoms with Gasteiger partial charge in [0.15, 0.2) is 0 Å². The highest BCUT2D eigenvalue weighted by atomic mass is 15.0. The van der Waals surface area contributed by atoms with Crippen molar-refractivity contribution in [1.82, 2.24) is 4.98 Å². The van der Waals surface area contributed by atoms with Gasteiger partial charge in [0.2, 0.25) is 0 Å². The lowest BCUT2D eigenvalue weighted by Crippen LogP contribution is -2.02. The van der Waals surface area contributed by atoms with E-state index >= 15 is 0 Å². The number of nitrogens with zero attached hydrogens (tertiary/aromatic N) is 2. The average molecular weight is 273 g/mol. The lowest BCUT2D eigenvalue weighted by molar-refractivity contribution is 0.962. The van der Waals surface area contributed by atoms with Crippen LogP contribution < -0.4 is 5.32 Å². The lowest BCUT2D eigenvalue weighted by Gasteiger charge is -2.12. The van der Waals surface area contributed by atoms with Crippen LogP contribution in [-0.4, -0.2) is 4.98 Å². The Morgan fingerprint density at radius 1 is 1.14 bits per heavy atom. The number of nitrogens with one attached hydrogen (secondary N) is 1. The van der Waals surface area contributed by atoms with Gasteiger partial charge in [-0.3, -0.25) is 0 Å². The van der Waals surface area contributed by atoms with Gasteiger partial charge >= 0.3 is 0 Å². The zero-order valence-corrected chi connectivity index (χ0v) is 11.6. The molecule has 102 valence electrons. The number of hydrogen-bond donors (Lipinski definition) is 1. The minimum absolute atomic E-state index is 0.666. The maximum Gasteiger partial charge on any atom is 0.130 e. The molecule has 0 amide bonds. The molecule has 0 aliphatic heterocycles. The quantitative estimate of drug-likeness (QED) is 0.908. The van der Waals surface area contributed by atoms with Crippen molar-refractivity contribution in [2.75, 3.05) is 5.32 Å². The first kappa shape index (κ1) is 13.1. The summed E-state index contributed by atoms with van der Waals surface area (Å²) in [5.74, 6) is 0.830. The largest absolute Gasteiger partial charge is 0.344 e. The van der Waals surface area contributed by atoms with Gasteiger partial charge in [-0.1, -0.05) is 24.3 Å². The molecule has 3 nitrogen and oxygen atoms in total. The fraction of sp³-hybridized carbons (Fsp3) is 0.111. The SMILES string of the molecule is N#Cc1cccc(-c2ccnc(NC3=CC=CCC3)c2)c1. The second-order valence-corrected chi connectivity index (χ2v) is 4.91. The fourth-order valence-corrected chi connectivity index (χ4v) is 2.32. The van der Waals surface area contributed by atoms with E-state index in [-0.39, 0.29) is 0 Å². The number of allylic oxidation sites excluding steroid dienone is 4. The Morgan fingerprint density at radius 2 is 2.05 bits per heavy atom. The first-order valence-corrected chi connectivity index (χ1v) is 6.94. The van der Waals surface area contributed by atoms with E-state index in [1.807, 2.05) is 36.4 Å². The molecule has 0 spiro atoms. The summed E-state index contributed by atoms with van der Waals surface area (Å²) in [5, 5.41) is 12.3. The second kappa shape index (κ2) is 6.06. The van der Waals surface area contributed by atoms with Gasteiger partial charge in [0.25, 0.3) is 0 Å². The predicted octanol–water partition coefficient (Wildman–Crippen LogP) is 4.27. The van der Waals surface area contributed by atoms with Crippen LogP contribution in [0.4, 0.5) is 5.82 Å². The number of aromatic nitrogens is 1. The highest BCUT2D eigenvalue weighted by molar-refractivity contribution is 5.68. The van der Waals surface area contributed by atoms with Crippen molar-refractivity contribution >= 4 is 5.82 Å². The molecule has 0 saturated carbocycles. The normalized spacial score (nSPS) is 13.4. The Hall–Kier alpha value is -2.86. The minimum Gasteiger partial charge on any atom is -0.344 e. The molecule has 21 heavy (non-hydrogen) atoms. The summed E-state index contributed by atoms with van der Waals surface area (Å²) in [6.07, 6.45) is 10.1. The van der Waals surface area contributed by atoms with E-state index < -0.39 is 0 Å². The zero-order chi connectivity index (χ0) is 14.5. The Kier molecular flexibility index (Phi) is 3.79. The monoisotopic (exact) mass is 273 g/mol. The van der Waals surface area contributed by atoms with Crippen LogP contribution in [-0.2, 0) is 0 Å². The number of nitriles is 1. The van der Waals surface area contributed by atoms with Crippen LogP contribution in [0.15, 0.2) is 66.5 Å². The summed E-state index contributed by atoms with van der Waals surface area (Å²) in [7, 11) is 0. The average Bonchev–Trinajstić information content (AvgIpc) is 2.56. The highest BCUT2D eigenvalue weighted by Crippen LogP contribution is 2.23. The van der Waals surface area contributed by atoms with Gasteiger partial charge in [0.1, 0.15) is 5.82 Å². The highest BCUT2D eigenvalue weighted by Gasteiger charge is 2.04. The lowest BCUT2D eigenvalue weighted by atomic mass is 10.0. The molecule has 3 rings (SSSR count). The van der Waals surface area contributed by atoms with Crippen LogP contribution in [0.25, 0.3) is 11.1 Å². The van der Waals surface area contributed by atoms with E-state index in [1.165, 1.54) is 5.70 Å². The Morgan fingerprint density at radius 3 is 2.86 bits per heavy atom. The molecule has 1 heterocycles. The topological polar surface area (TPSA) is 48.7 Å². The van der Waals surface area contributed by atoms with Gasteiger partial charge in [-0.25, -0.2) is 4.98 Å². The van der Waals surface area contributed by atoms with Gasteiger partial charge in [-0.05, 0) is 54.3 Å². The Balaban J connectivity index is 1.87. The number of hydrogen-bond acceptors (Lipinski definition) is 3. The molecule has 0 bridgehead atoms. The van der Waals surface area contributed by atoms with Crippen molar-refractivity contribution in [3.63, 3.8) is 0 Å². The van der Waals surface area contributed by atoms with Crippen LogP contribution in [0.5, 0.6) is 0 Å². The second-order valence-electron chi connectivity index (χ2n) is 4.91. The minimum atomic E-state index is 0.666. The molecule has 0 radical (unpaired) electrons. The van der Waals surface area contributed by atoms with Crippen LogP contribution >= 0.6 is 0 Å². The number of rotatable bonds is 3. The standard InChI is InChI=1S/C18H15N3/c19-13-14-5-4-6-15(11-14)16-9-10-20-18(12-16)21-17-7-2-1-3-8-17/h1-2,4-7,9-12H,3,8H2,(H,20,21). The van der Waals surface area contributed by atoms with Crippen molar-refractivity contribution < 1.29 is 0 Å². The van der Waals surface area contributed by atoms with Crippen molar-refractivity contribution in [1.29, 1.82) is 5.26 Å². The third-order valence-electron chi connectivity index (χ3n) is 3.39. The Bertz CT molecular complexity index is 751.